The van der Waals surface area contributed by atoms with Crippen LogP contribution in [-0.4, -0.2) is 48.5 Å². The highest BCUT2D eigenvalue weighted by Crippen LogP contribution is 2.84. The number of nitrogens with zero attached hydrogens (tertiary/aromatic N) is 1. The quantitative estimate of drug-likeness (QED) is 0.434. The van der Waals surface area contributed by atoms with Crippen molar-refractivity contribution in [2.24, 2.45) is 0 Å². The van der Waals surface area contributed by atoms with E-state index in [1.54, 1.807) is 0 Å². The zero-order valence-corrected chi connectivity index (χ0v) is 17.6. The monoisotopic (exact) mass is 361 g/mol. The highest BCUT2D eigenvalue weighted by atomic mass is 35.7. The summed E-state index contributed by atoms with van der Waals surface area (Å²) in [5.41, 5.74) is 0. The van der Waals surface area contributed by atoms with Crippen molar-refractivity contribution >= 4 is 32.3 Å². The smallest absolute Gasteiger partial charge is 0.0945 e. The minimum absolute atomic E-state index is 0.729. The Kier molecular flexibility index (Phi) is 5.90. The first-order chi connectivity index (χ1) is 9.97. The highest BCUT2D eigenvalue weighted by molar-refractivity contribution is 8.62. The minimum atomic E-state index is -2.24. The Bertz CT molecular complexity index is 513. The first kappa shape index (κ1) is 20.0. The van der Waals surface area contributed by atoms with Crippen molar-refractivity contribution in [2.75, 3.05) is 43.9 Å². The third-order valence-corrected chi connectivity index (χ3v) is 12.0. The van der Waals surface area contributed by atoms with Crippen LogP contribution in [0.25, 0.3) is 0 Å². The molecule has 1 aromatic carbocycles. The van der Waals surface area contributed by atoms with E-state index in [9.17, 15) is 0 Å². The van der Waals surface area contributed by atoms with Crippen LogP contribution >= 0.6 is 27.0 Å². The average molecular weight is 362 g/mol. The summed E-state index contributed by atoms with van der Waals surface area (Å²) in [6, 6.07) is 9.09. The molecule has 1 unspecified atom stereocenters. The molecule has 4 heteroatoms. The van der Waals surface area contributed by atoms with E-state index in [-0.39, 0.29) is 0 Å². The van der Waals surface area contributed by atoms with Crippen molar-refractivity contribution < 1.29 is 0 Å². The Morgan fingerprint density at radius 1 is 1.09 bits per heavy atom. The molecule has 0 radical (unpaired) electrons. The highest BCUT2D eigenvalue weighted by Gasteiger charge is 2.43. The van der Waals surface area contributed by atoms with Gasteiger partial charge >= 0.3 is 0 Å². The van der Waals surface area contributed by atoms with Crippen LogP contribution in [0.3, 0.4) is 0 Å². The molecule has 0 aromatic heterocycles. The molecular weight excluding hydrogens is 329 g/mol. The molecule has 0 aliphatic rings. The number of halogens is 1. The summed E-state index contributed by atoms with van der Waals surface area (Å²) in [5, 5.41) is 1.25. The maximum atomic E-state index is 6.68. The molecule has 0 aliphatic carbocycles. The van der Waals surface area contributed by atoms with Gasteiger partial charge in [-0.3, -0.25) is 13.0 Å². The van der Waals surface area contributed by atoms with Gasteiger partial charge in [0.2, 0.25) is 0 Å². The van der Waals surface area contributed by atoms with Crippen molar-refractivity contribution in [1.82, 2.24) is 4.67 Å². The van der Waals surface area contributed by atoms with E-state index < -0.39 is 15.7 Å². The Morgan fingerprint density at radius 3 is 2.00 bits per heavy atom. The molecule has 1 rings (SSSR count). The predicted molar refractivity (Wildman–Crippen MR) is 111 cm³/mol. The van der Waals surface area contributed by atoms with E-state index in [1.165, 1.54) is 16.0 Å². The van der Waals surface area contributed by atoms with Crippen LogP contribution in [0, 0.1) is 0 Å². The Hall–Kier alpha value is -0.0100. The van der Waals surface area contributed by atoms with E-state index in [4.69, 9.17) is 11.2 Å². The maximum absolute atomic E-state index is 6.68. The summed E-state index contributed by atoms with van der Waals surface area (Å²) in [6.45, 7) is 10.2. The normalized spacial score (nSPS) is 16.9. The Labute approximate surface area is 143 Å². The summed E-state index contributed by atoms with van der Waals surface area (Å²) in [6.07, 6.45) is 12.9. The second kappa shape index (κ2) is 6.48. The van der Waals surface area contributed by atoms with Gasteiger partial charge in [-0.15, -0.1) is 6.58 Å². The van der Waals surface area contributed by atoms with Gasteiger partial charge in [0.15, 0.2) is 0 Å². The lowest BCUT2D eigenvalue weighted by atomic mass is 10.4. The summed E-state index contributed by atoms with van der Waals surface area (Å²) in [7, 11) is -2.97. The first-order valence-corrected chi connectivity index (χ1v) is 14.4. The van der Waals surface area contributed by atoms with Crippen LogP contribution in [-0.2, 0) is 0 Å². The van der Waals surface area contributed by atoms with Gasteiger partial charge < -0.3 is 0 Å². The van der Waals surface area contributed by atoms with Crippen LogP contribution < -0.4 is 5.30 Å². The number of hydrogen-bond acceptors (Lipinski definition) is 1. The lowest BCUT2D eigenvalue weighted by Crippen LogP contribution is -2.35. The number of allylic oxidation sites excluding steroid dienone is 1. The van der Waals surface area contributed by atoms with E-state index in [2.05, 4.69) is 74.4 Å². The molecule has 22 heavy (non-hydrogen) atoms. The van der Waals surface area contributed by atoms with Gasteiger partial charge in [-0.2, -0.15) is 0 Å². The van der Waals surface area contributed by atoms with Gasteiger partial charge in [0.1, 0.15) is 0 Å². The van der Waals surface area contributed by atoms with Gasteiger partial charge in [0, 0.05) is 18.4 Å². The molecule has 0 amide bonds. The minimum Gasteiger partial charge on any atom is -0.267 e. The van der Waals surface area contributed by atoms with Crippen LogP contribution in [0.1, 0.15) is 20.3 Å². The van der Waals surface area contributed by atoms with Crippen molar-refractivity contribution in [1.29, 1.82) is 0 Å². The molecule has 0 aliphatic heterocycles. The van der Waals surface area contributed by atoms with Gasteiger partial charge in [0.05, 0.1) is 7.43 Å². The molecule has 0 N–H and O–H groups in total. The molecule has 0 heterocycles. The van der Waals surface area contributed by atoms with E-state index in [1.807, 2.05) is 6.08 Å². The molecule has 1 nitrogen and oxygen atoms in total. The van der Waals surface area contributed by atoms with Crippen LogP contribution in [0.5, 0.6) is 0 Å². The molecule has 0 fully saturated rings. The Morgan fingerprint density at radius 2 is 1.59 bits per heavy atom. The maximum Gasteiger partial charge on any atom is 0.0945 e. The third kappa shape index (κ3) is 4.74. The zero-order valence-electron chi connectivity index (χ0n) is 15.1. The molecule has 0 saturated heterocycles. The number of rotatable bonds is 8. The molecule has 0 saturated carbocycles. The largest absolute Gasteiger partial charge is 0.267 e. The van der Waals surface area contributed by atoms with Gasteiger partial charge in [-0.25, -0.2) is 0 Å². The number of hydrogen-bond donors (Lipinski definition) is 0. The van der Waals surface area contributed by atoms with Gasteiger partial charge in [0.25, 0.3) is 0 Å². The average Bonchev–Trinajstić information content (AvgIpc) is 2.46. The fraction of sp³-hybridized carbons (Fsp3) is 0.556. The molecule has 1 atom stereocenters. The van der Waals surface area contributed by atoms with Gasteiger partial charge in [-0.05, 0) is 42.1 Å². The molecule has 0 spiro atoms. The standard InChI is InChI=1S/C18H33ClNPS/c1-8-11-16-22(4,5,6,7)18-14-12-17(13-15-18)21(19)20(9-2)10-3/h8,12-15H,1,9-11,16H2,2-7H3. The van der Waals surface area contributed by atoms with Crippen molar-refractivity contribution in [3.63, 3.8) is 0 Å². The van der Waals surface area contributed by atoms with Gasteiger partial charge in [-0.1, -0.05) is 55.4 Å². The van der Waals surface area contributed by atoms with Crippen molar-refractivity contribution in [3.05, 3.63) is 36.9 Å². The van der Waals surface area contributed by atoms with Crippen LogP contribution in [0.4, 0.5) is 0 Å². The van der Waals surface area contributed by atoms with Crippen LogP contribution in [0.2, 0.25) is 0 Å². The first-order valence-electron chi connectivity index (χ1n) is 7.90. The topological polar surface area (TPSA) is 3.24 Å². The van der Waals surface area contributed by atoms with E-state index >= 15 is 0 Å². The number of benzene rings is 1. The summed E-state index contributed by atoms with van der Waals surface area (Å²) in [5.74, 6) is 1.18. The van der Waals surface area contributed by atoms with E-state index in [0.29, 0.717) is 0 Å². The summed E-state index contributed by atoms with van der Waals surface area (Å²) in [4.78, 5) is 1.46. The lowest BCUT2D eigenvalue weighted by Gasteiger charge is -2.69. The van der Waals surface area contributed by atoms with E-state index in [0.717, 1.165) is 19.5 Å². The summed E-state index contributed by atoms with van der Waals surface area (Å²) < 4.78 is 2.33. The zero-order chi connectivity index (χ0) is 17.1. The van der Waals surface area contributed by atoms with Crippen LogP contribution in [0.15, 0.2) is 41.8 Å². The predicted octanol–water partition coefficient (Wildman–Crippen LogP) is 5.53. The molecule has 0 bridgehead atoms. The Balaban J connectivity index is 3.14. The molecular formula is C18H33ClNPS. The fourth-order valence-electron chi connectivity index (χ4n) is 2.58. The lowest BCUT2D eigenvalue weighted by molar-refractivity contribution is 0.517. The second-order valence-corrected chi connectivity index (χ2v) is 20.8. The summed E-state index contributed by atoms with van der Waals surface area (Å²) >= 11 is 6.68. The fourth-order valence-corrected chi connectivity index (χ4v) is 7.65. The third-order valence-electron chi connectivity index (χ3n) is 4.38. The molecule has 128 valence electrons. The molecule has 1 aromatic rings. The van der Waals surface area contributed by atoms with Crippen molar-refractivity contribution in [3.8, 4) is 0 Å². The SMILES string of the molecule is C=CCCS(C)(C)(C)(C)c1ccc(P(Cl)N(CC)CC)cc1. The second-order valence-electron chi connectivity index (χ2n) is 8.24. The van der Waals surface area contributed by atoms with Crippen molar-refractivity contribution in [2.45, 2.75) is 25.2 Å².